The van der Waals surface area contributed by atoms with Crippen molar-refractivity contribution in [2.45, 2.75) is 0 Å². The van der Waals surface area contributed by atoms with Crippen LogP contribution in [-0.2, 0) is 0 Å². The molecule has 3 nitrogen and oxygen atoms in total. The lowest BCUT2D eigenvalue weighted by Crippen LogP contribution is -1.93. The van der Waals surface area contributed by atoms with Gasteiger partial charge in [-0.2, -0.15) is 0 Å². The van der Waals surface area contributed by atoms with Gasteiger partial charge in [-0.25, -0.2) is 0 Å². The van der Waals surface area contributed by atoms with E-state index in [0.29, 0.717) is 0 Å². The van der Waals surface area contributed by atoms with Gasteiger partial charge in [0.1, 0.15) is 11.2 Å². The molecule has 0 N–H and O–H groups in total. The summed E-state index contributed by atoms with van der Waals surface area (Å²) in [6.07, 6.45) is 0. The number of para-hydroxylation sites is 4. The van der Waals surface area contributed by atoms with Crippen molar-refractivity contribution in [3.63, 3.8) is 0 Å². The molecule has 0 aliphatic carbocycles. The highest BCUT2D eigenvalue weighted by Gasteiger charge is 2.16. The third kappa shape index (κ3) is 4.25. The summed E-state index contributed by atoms with van der Waals surface area (Å²) in [5.74, 6) is 0. The fourth-order valence-electron chi connectivity index (χ4n) is 8.15. The zero-order valence-corrected chi connectivity index (χ0v) is 27.6. The van der Waals surface area contributed by atoms with Crippen molar-refractivity contribution >= 4 is 65.6 Å². The normalized spacial score (nSPS) is 11.9. The Morgan fingerprint density at radius 3 is 1.37 bits per heavy atom. The molecule has 0 unspecified atom stereocenters. The Hall–Kier alpha value is -6.84. The number of benzene rings is 8. The molecule has 51 heavy (non-hydrogen) atoms. The maximum atomic E-state index is 6.14. The van der Waals surface area contributed by atoms with Crippen molar-refractivity contribution in [2.24, 2.45) is 0 Å². The molecule has 0 fully saturated rings. The lowest BCUT2D eigenvalue weighted by Gasteiger charge is -2.09. The Bertz CT molecular complexity index is 3120. The molecule has 0 radical (unpaired) electrons. The SMILES string of the molecule is c1ccc(-n2c3ccccc3c3cc(-c4ccc(-c5ccc6c(c5)c5ccccc5n6-c5ccc6oc7ccccc7c6c5)cc4)ccc32)cc1. The first-order valence-corrected chi connectivity index (χ1v) is 17.4. The Labute approximate surface area is 293 Å². The van der Waals surface area contributed by atoms with Gasteiger partial charge in [0.05, 0.1) is 22.1 Å². The lowest BCUT2D eigenvalue weighted by molar-refractivity contribution is 0.669. The number of rotatable bonds is 4. The molecule has 0 saturated carbocycles. The number of aromatic nitrogens is 2. The van der Waals surface area contributed by atoms with Gasteiger partial charge in [0, 0.05) is 43.7 Å². The molecule has 3 heterocycles. The summed E-state index contributed by atoms with van der Waals surface area (Å²) in [7, 11) is 0. The molecule has 0 atom stereocenters. The molecule has 3 heteroatoms. The van der Waals surface area contributed by atoms with Crippen LogP contribution in [0.1, 0.15) is 0 Å². The number of nitrogens with zero attached hydrogens (tertiary/aromatic N) is 2. The number of furan rings is 1. The third-order valence-electron chi connectivity index (χ3n) is 10.5. The highest BCUT2D eigenvalue weighted by molar-refractivity contribution is 6.12. The number of hydrogen-bond acceptors (Lipinski definition) is 1. The third-order valence-corrected chi connectivity index (χ3v) is 10.5. The maximum Gasteiger partial charge on any atom is 0.135 e. The van der Waals surface area contributed by atoms with Crippen LogP contribution < -0.4 is 0 Å². The molecule has 0 bridgehead atoms. The Balaban J connectivity index is 0.995. The van der Waals surface area contributed by atoms with E-state index in [-0.39, 0.29) is 0 Å². The quantitative estimate of drug-likeness (QED) is 0.186. The van der Waals surface area contributed by atoms with Gasteiger partial charge in [-0.15, -0.1) is 0 Å². The average molecular weight is 651 g/mol. The number of fused-ring (bicyclic) bond motifs is 9. The van der Waals surface area contributed by atoms with Crippen molar-refractivity contribution in [3.05, 3.63) is 182 Å². The summed E-state index contributed by atoms with van der Waals surface area (Å²) in [4.78, 5) is 0. The van der Waals surface area contributed by atoms with Crippen molar-refractivity contribution in [1.82, 2.24) is 9.13 Å². The summed E-state index contributed by atoms with van der Waals surface area (Å²) >= 11 is 0. The highest BCUT2D eigenvalue weighted by Crippen LogP contribution is 2.39. The molecule has 3 aromatic heterocycles. The van der Waals surface area contributed by atoms with E-state index in [9.17, 15) is 0 Å². The van der Waals surface area contributed by atoms with E-state index in [2.05, 4.69) is 179 Å². The first-order chi connectivity index (χ1) is 25.3. The van der Waals surface area contributed by atoms with E-state index in [4.69, 9.17) is 4.42 Å². The summed E-state index contributed by atoms with van der Waals surface area (Å²) in [6, 6.07) is 65.6. The lowest BCUT2D eigenvalue weighted by atomic mass is 9.98. The highest BCUT2D eigenvalue weighted by atomic mass is 16.3. The Kier molecular flexibility index (Phi) is 5.96. The van der Waals surface area contributed by atoms with Crippen LogP contribution in [0.25, 0.3) is 99.2 Å². The van der Waals surface area contributed by atoms with Gasteiger partial charge in [0.2, 0.25) is 0 Å². The zero-order valence-electron chi connectivity index (χ0n) is 27.6. The summed E-state index contributed by atoms with van der Waals surface area (Å²) in [5.41, 5.74) is 13.8. The first-order valence-electron chi connectivity index (χ1n) is 17.4. The van der Waals surface area contributed by atoms with Crippen molar-refractivity contribution in [3.8, 4) is 33.6 Å². The average Bonchev–Trinajstić information content (AvgIpc) is 3.85. The predicted molar refractivity (Wildman–Crippen MR) is 213 cm³/mol. The van der Waals surface area contributed by atoms with Gasteiger partial charge >= 0.3 is 0 Å². The Morgan fingerprint density at radius 2 is 0.745 bits per heavy atom. The van der Waals surface area contributed by atoms with E-state index in [0.717, 1.165) is 27.6 Å². The minimum Gasteiger partial charge on any atom is -0.456 e. The largest absolute Gasteiger partial charge is 0.456 e. The second-order valence-electron chi connectivity index (χ2n) is 13.4. The van der Waals surface area contributed by atoms with Crippen LogP contribution in [0, 0.1) is 0 Å². The maximum absolute atomic E-state index is 6.14. The van der Waals surface area contributed by atoms with E-state index in [1.54, 1.807) is 0 Å². The van der Waals surface area contributed by atoms with Gasteiger partial charge in [-0.3, -0.25) is 0 Å². The van der Waals surface area contributed by atoms with Crippen molar-refractivity contribution in [2.75, 3.05) is 0 Å². The molecule has 0 aliphatic rings. The minimum atomic E-state index is 0.908. The van der Waals surface area contributed by atoms with Crippen molar-refractivity contribution in [1.29, 1.82) is 0 Å². The first kappa shape index (κ1) is 28.0. The van der Waals surface area contributed by atoms with Crippen LogP contribution in [0.4, 0.5) is 0 Å². The van der Waals surface area contributed by atoms with E-state index < -0.39 is 0 Å². The molecule has 11 rings (SSSR count). The molecule has 11 aromatic rings. The molecule has 0 aliphatic heterocycles. The van der Waals surface area contributed by atoms with Gasteiger partial charge in [-0.05, 0) is 95.1 Å². The van der Waals surface area contributed by atoms with Crippen molar-refractivity contribution < 1.29 is 4.42 Å². The molecular weight excluding hydrogens is 621 g/mol. The van der Waals surface area contributed by atoms with E-state index >= 15 is 0 Å². The summed E-state index contributed by atoms with van der Waals surface area (Å²) in [5, 5.41) is 7.28. The van der Waals surface area contributed by atoms with Gasteiger partial charge in [-0.1, -0.05) is 109 Å². The van der Waals surface area contributed by atoms with Gasteiger partial charge in [0.25, 0.3) is 0 Å². The van der Waals surface area contributed by atoms with Crippen LogP contribution in [0.5, 0.6) is 0 Å². The molecule has 8 aromatic carbocycles. The summed E-state index contributed by atoms with van der Waals surface area (Å²) in [6.45, 7) is 0. The van der Waals surface area contributed by atoms with Crippen LogP contribution in [0.15, 0.2) is 186 Å². The zero-order chi connectivity index (χ0) is 33.5. The molecule has 0 spiro atoms. The van der Waals surface area contributed by atoms with Crippen LogP contribution in [-0.4, -0.2) is 9.13 Å². The van der Waals surface area contributed by atoms with E-state index in [1.165, 1.54) is 71.6 Å². The predicted octanol–water partition coefficient (Wildman–Crippen LogP) is 13.1. The fraction of sp³-hybridized carbons (Fsp3) is 0. The second kappa shape index (κ2) is 10.8. The standard InChI is InChI=1S/C48H30N2O/c1-2-10-35(11-3-1)49-43-15-7-4-12-37(43)40-28-33(22-25-45(40)49)31-18-20-32(21-19-31)34-23-26-46-41(29-34)38-13-5-8-16-44(38)50(46)36-24-27-48-42(30-36)39-14-6-9-17-47(39)51-48/h1-30H. The summed E-state index contributed by atoms with van der Waals surface area (Å²) < 4.78 is 10.9. The number of hydrogen-bond donors (Lipinski definition) is 0. The van der Waals surface area contributed by atoms with Crippen LogP contribution in [0.2, 0.25) is 0 Å². The fourth-order valence-corrected chi connectivity index (χ4v) is 8.15. The minimum absolute atomic E-state index is 0.908. The Morgan fingerprint density at radius 1 is 0.275 bits per heavy atom. The molecular formula is C48H30N2O. The monoisotopic (exact) mass is 650 g/mol. The molecule has 238 valence electrons. The topological polar surface area (TPSA) is 23.0 Å². The van der Waals surface area contributed by atoms with Gasteiger partial charge < -0.3 is 13.6 Å². The smallest absolute Gasteiger partial charge is 0.135 e. The second-order valence-corrected chi connectivity index (χ2v) is 13.4. The molecule has 0 saturated heterocycles. The van der Waals surface area contributed by atoms with Gasteiger partial charge in [0.15, 0.2) is 0 Å². The van der Waals surface area contributed by atoms with Crippen LogP contribution >= 0.6 is 0 Å². The van der Waals surface area contributed by atoms with Crippen LogP contribution in [0.3, 0.4) is 0 Å². The molecule has 0 amide bonds. The van der Waals surface area contributed by atoms with E-state index in [1.807, 2.05) is 12.1 Å².